The number of aromatic nitrogens is 2. The van der Waals surface area contributed by atoms with E-state index in [1.165, 1.54) is 12.1 Å². The van der Waals surface area contributed by atoms with Crippen LogP contribution in [-0.2, 0) is 0 Å². The zero-order valence-corrected chi connectivity index (χ0v) is 15.4. The van der Waals surface area contributed by atoms with Crippen LogP contribution in [0.15, 0.2) is 54.4 Å². The van der Waals surface area contributed by atoms with Crippen LogP contribution >= 0.6 is 11.6 Å². The number of carbonyl (C=O) groups is 2. The van der Waals surface area contributed by atoms with Crippen molar-refractivity contribution < 1.29 is 14.0 Å². The van der Waals surface area contributed by atoms with E-state index in [0.717, 1.165) is 15.8 Å². The van der Waals surface area contributed by atoms with Gasteiger partial charge in [-0.15, -0.1) is 0 Å². The van der Waals surface area contributed by atoms with Gasteiger partial charge in [0.1, 0.15) is 5.82 Å². The van der Waals surface area contributed by atoms with Crippen molar-refractivity contribution >= 4 is 40.3 Å². The molecular formula is C19H15ClFN5O2. The van der Waals surface area contributed by atoms with Gasteiger partial charge in [-0.3, -0.25) is 5.10 Å². The van der Waals surface area contributed by atoms with Gasteiger partial charge in [-0.25, -0.2) is 18.9 Å². The first-order chi connectivity index (χ1) is 13.4. The molecule has 0 aliphatic carbocycles. The van der Waals surface area contributed by atoms with E-state index in [0.29, 0.717) is 11.4 Å². The summed E-state index contributed by atoms with van der Waals surface area (Å²) in [4.78, 5) is 26.1. The van der Waals surface area contributed by atoms with E-state index in [1.54, 1.807) is 43.5 Å². The van der Waals surface area contributed by atoms with Gasteiger partial charge in [0.05, 0.1) is 17.8 Å². The van der Waals surface area contributed by atoms with Crippen molar-refractivity contribution in [2.24, 2.45) is 0 Å². The lowest BCUT2D eigenvalue weighted by Gasteiger charge is -2.30. The minimum Gasteiger partial charge on any atom is -0.327 e. The molecule has 1 atom stereocenters. The Morgan fingerprint density at radius 3 is 2.86 bits per heavy atom. The first-order valence-electron chi connectivity index (χ1n) is 8.40. The zero-order valence-electron chi connectivity index (χ0n) is 14.7. The number of nitrogens with zero attached hydrogens (tertiary/aromatic N) is 2. The Morgan fingerprint density at radius 2 is 2.11 bits per heavy atom. The number of benzene rings is 2. The summed E-state index contributed by atoms with van der Waals surface area (Å²) < 4.78 is 14.2. The average Bonchev–Trinajstić information content (AvgIpc) is 3.08. The molecule has 142 valence electrons. The second-order valence-electron chi connectivity index (χ2n) is 6.34. The van der Waals surface area contributed by atoms with E-state index in [2.05, 4.69) is 20.8 Å². The van der Waals surface area contributed by atoms with Gasteiger partial charge in [0, 0.05) is 27.4 Å². The Labute approximate surface area is 164 Å². The molecule has 9 heteroatoms. The molecule has 1 aromatic heterocycles. The first kappa shape index (κ1) is 18.0. The van der Waals surface area contributed by atoms with E-state index >= 15 is 0 Å². The number of hydrogen-bond donors (Lipinski definition) is 3. The smallest absolute Gasteiger partial charge is 0.327 e. The minimum absolute atomic E-state index is 0.264. The number of nitrogens with one attached hydrogen (secondary N) is 3. The second-order valence-corrected chi connectivity index (χ2v) is 6.78. The predicted molar refractivity (Wildman–Crippen MR) is 103 cm³/mol. The molecular weight excluding hydrogens is 385 g/mol. The maximum atomic E-state index is 14.2. The van der Waals surface area contributed by atoms with Gasteiger partial charge in [0.2, 0.25) is 0 Å². The molecule has 0 saturated carbocycles. The number of hydrogen-bond acceptors (Lipinski definition) is 3. The fourth-order valence-electron chi connectivity index (χ4n) is 3.09. The third-order valence-corrected chi connectivity index (χ3v) is 4.67. The SMILES string of the molecule is CC1=CC(c2ccc(Cl)cc2F)NC(=O)N1C(=O)Nc1ccc2[nH]ncc2c1. The van der Waals surface area contributed by atoms with Gasteiger partial charge in [0.15, 0.2) is 0 Å². The highest BCUT2D eigenvalue weighted by molar-refractivity contribution is 6.30. The Morgan fingerprint density at radius 1 is 1.29 bits per heavy atom. The molecule has 1 unspecified atom stereocenters. The van der Waals surface area contributed by atoms with Crippen LogP contribution in [0.25, 0.3) is 10.9 Å². The van der Waals surface area contributed by atoms with Crippen LogP contribution in [0.1, 0.15) is 18.5 Å². The maximum Gasteiger partial charge on any atom is 0.334 e. The lowest BCUT2D eigenvalue weighted by atomic mass is 10.0. The number of anilines is 1. The molecule has 2 heterocycles. The third-order valence-electron chi connectivity index (χ3n) is 4.43. The van der Waals surface area contributed by atoms with E-state index in [9.17, 15) is 14.0 Å². The lowest BCUT2D eigenvalue weighted by Crippen LogP contribution is -2.48. The molecule has 3 aromatic rings. The summed E-state index contributed by atoms with van der Waals surface area (Å²) in [6, 6.07) is 7.46. The highest BCUT2D eigenvalue weighted by Crippen LogP contribution is 2.27. The summed E-state index contributed by atoms with van der Waals surface area (Å²) in [5.41, 5.74) is 2.00. The number of imide groups is 1. The number of rotatable bonds is 2. The minimum atomic E-state index is -0.698. The topological polar surface area (TPSA) is 90.1 Å². The van der Waals surface area contributed by atoms with Gasteiger partial charge in [0.25, 0.3) is 0 Å². The molecule has 0 fully saturated rings. The molecule has 1 aliphatic heterocycles. The number of carbonyl (C=O) groups excluding carboxylic acids is 2. The van der Waals surface area contributed by atoms with Crippen LogP contribution in [0.3, 0.4) is 0 Å². The van der Waals surface area contributed by atoms with Crippen LogP contribution in [0.2, 0.25) is 5.02 Å². The van der Waals surface area contributed by atoms with Gasteiger partial charge in [-0.1, -0.05) is 17.7 Å². The lowest BCUT2D eigenvalue weighted by molar-refractivity contribution is 0.198. The van der Waals surface area contributed by atoms with Crippen LogP contribution < -0.4 is 10.6 Å². The number of H-pyrrole nitrogens is 1. The average molecular weight is 400 g/mol. The first-order valence-corrected chi connectivity index (χ1v) is 8.78. The van der Waals surface area contributed by atoms with Crippen molar-refractivity contribution in [2.45, 2.75) is 13.0 Å². The maximum absolute atomic E-state index is 14.2. The Hall–Kier alpha value is -3.39. The summed E-state index contributed by atoms with van der Waals surface area (Å²) in [7, 11) is 0. The summed E-state index contributed by atoms with van der Waals surface area (Å²) in [6.07, 6.45) is 3.24. The number of halogens is 2. The van der Waals surface area contributed by atoms with Crippen LogP contribution in [-0.4, -0.2) is 27.2 Å². The van der Waals surface area contributed by atoms with Gasteiger partial charge >= 0.3 is 12.1 Å². The van der Waals surface area contributed by atoms with E-state index < -0.39 is 23.9 Å². The highest BCUT2D eigenvalue weighted by atomic mass is 35.5. The van der Waals surface area contributed by atoms with Crippen molar-refractivity contribution in [1.82, 2.24) is 20.4 Å². The molecule has 28 heavy (non-hydrogen) atoms. The third kappa shape index (κ3) is 3.29. The largest absolute Gasteiger partial charge is 0.334 e. The van der Waals surface area contributed by atoms with Crippen molar-refractivity contribution in [3.63, 3.8) is 0 Å². The Kier molecular flexibility index (Phi) is 4.48. The molecule has 0 saturated heterocycles. The normalized spacial score (nSPS) is 16.7. The van der Waals surface area contributed by atoms with Crippen LogP contribution in [0.5, 0.6) is 0 Å². The monoisotopic (exact) mass is 399 g/mol. The zero-order chi connectivity index (χ0) is 19.8. The molecule has 4 amide bonds. The molecule has 0 spiro atoms. The number of urea groups is 2. The molecule has 4 rings (SSSR count). The van der Waals surface area contributed by atoms with Gasteiger partial charge in [-0.2, -0.15) is 5.10 Å². The summed E-state index contributed by atoms with van der Waals surface area (Å²) in [5.74, 6) is -0.534. The number of aromatic amines is 1. The van der Waals surface area contributed by atoms with Crippen LogP contribution in [0, 0.1) is 5.82 Å². The fourth-order valence-corrected chi connectivity index (χ4v) is 3.25. The Bertz CT molecular complexity index is 1130. The standard InChI is InChI=1S/C19H15ClFN5O2/c1-10-6-17(14-4-2-12(20)8-15(14)21)24-19(28)26(10)18(27)23-13-3-5-16-11(7-13)9-22-25-16/h2-9,17H,1H3,(H,22,25)(H,23,27)(H,24,28). The highest BCUT2D eigenvalue weighted by Gasteiger charge is 2.31. The van der Waals surface area contributed by atoms with Crippen molar-refractivity contribution in [3.05, 3.63) is 70.8 Å². The molecule has 7 nitrogen and oxygen atoms in total. The molecule has 1 aliphatic rings. The molecule has 0 radical (unpaired) electrons. The van der Waals surface area contributed by atoms with Crippen molar-refractivity contribution in [1.29, 1.82) is 0 Å². The molecule has 0 bridgehead atoms. The van der Waals surface area contributed by atoms with E-state index in [1.807, 2.05) is 0 Å². The van der Waals surface area contributed by atoms with Crippen molar-refractivity contribution in [3.8, 4) is 0 Å². The number of fused-ring (bicyclic) bond motifs is 1. The quantitative estimate of drug-likeness (QED) is 0.590. The van der Waals surface area contributed by atoms with Crippen molar-refractivity contribution in [2.75, 3.05) is 5.32 Å². The number of allylic oxidation sites excluding steroid dienone is 1. The second kappa shape index (κ2) is 6.97. The predicted octanol–water partition coefficient (Wildman–Crippen LogP) is 4.56. The van der Waals surface area contributed by atoms with E-state index in [4.69, 9.17) is 11.6 Å². The molecule has 3 N–H and O–H groups in total. The summed E-state index contributed by atoms with van der Waals surface area (Å²) >= 11 is 5.77. The number of amides is 4. The van der Waals surface area contributed by atoms with E-state index in [-0.39, 0.29) is 10.6 Å². The summed E-state index contributed by atoms with van der Waals surface area (Å²) in [6.45, 7) is 1.61. The van der Waals surface area contributed by atoms with Gasteiger partial charge < -0.3 is 10.6 Å². The van der Waals surface area contributed by atoms with Crippen LogP contribution in [0.4, 0.5) is 19.7 Å². The Balaban J connectivity index is 1.56. The fraction of sp³-hybridized carbons (Fsp3) is 0.105. The van der Waals surface area contributed by atoms with Gasteiger partial charge in [-0.05, 0) is 43.3 Å². The molecule has 2 aromatic carbocycles. The summed E-state index contributed by atoms with van der Waals surface area (Å²) in [5, 5.41) is 13.1.